The zero-order valence-corrected chi connectivity index (χ0v) is 13.4. The number of hydrogen-bond donors (Lipinski definition) is 1. The van der Waals surface area contributed by atoms with Crippen LogP contribution in [0.1, 0.15) is 6.92 Å². The van der Waals surface area contributed by atoms with Crippen LogP contribution in [-0.2, 0) is 13.3 Å². The molecule has 0 saturated heterocycles. The average molecular weight is 253 g/mol. The Morgan fingerprint density at radius 1 is 0.933 bits per heavy atom. The van der Waals surface area contributed by atoms with Crippen molar-refractivity contribution in [3.8, 4) is 0 Å². The molecule has 0 aromatic rings. The van der Waals surface area contributed by atoms with Crippen LogP contribution in [0.25, 0.3) is 0 Å². The number of nitrogens with one attached hydrogen (secondary N) is 1. The van der Waals surface area contributed by atoms with Crippen LogP contribution in [-0.4, -0.2) is 45.4 Å². The summed E-state index contributed by atoms with van der Waals surface area (Å²) in [5.74, 6) is 0. The summed E-state index contributed by atoms with van der Waals surface area (Å²) in [7, 11) is 3.79. The molecular weight excluding hydrogens is 226 g/mol. The van der Waals surface area contributed by atoms with Gasteiger partial charge in [0.1, 0.15) is 8.24 Å². The van der Waals surface area contributed by atoms with E-state index in [1.165, 1.54) is 0 Å². The molecule has 6 heteroatoms. The van der Waals surface area contributed by atoms with Crippen molar-refractivity contribution in [2.45, 2.75) is 32.6 Å². The average Bonchev–Trinajstić information content (AvgIpc) is 2.22. The third-order valence-corrected chi connectivity index (χ3v) is 6.35. The van der Waals surface area contributed by atoms with E-state index in [4.69, 9.17) is 13.3 Å². The third-order valence-electron chi connectivity index (χ3n) is 2.12. The van der Waals surface area contributed by atoms with E-state index in [0.717, 1.165) is 6.04 Å². The van der Waals surface area contributed by atoms with E-state index in [9.17, 15) is 0 Å². The lowest BCUT2D eigenvalue weighted by atomic mass is 11.0. The van der Waals surface area contributed by atoms with Crippen LogP contribution in [0.5, 0.6) is 0 Å². The second-order valence-corrected chi connectivity index (χ2v) is 12.4. The molecule has 94 valence electrons. The van der Waals surface area contributed by atoms with Gasteiger partial charge < -0.3 is 18.3 Å². The third kappa shape index (κ3) is 9.22. The number of hydrogen-bond acceptors (Lipinski definition) is 4. The molecule has 0 atom stereocenters. The highest BCUT2D eigenvalue weighted by atomic mass is 28.4. The van der Waals surface area contributed by atoms with E-state index >= 15 is 0 Å². The van der Waals surface area contributed by atoms with E-state index in [1.807, 2.05) is 14.0 Å². The van der Waals surface area contributed by atoms with Gasteiger partial charge in [-0.1, -0.05) is 26.6 Å². The maximum Gasteiger partial charge on any atom is 0.499 e. The highest BCUT2D eigenvalue weighted by molar-refractivity contribution is 6.73. The first kappa shape index (κ1) is 17.7. The normalized spacial score (nSPS) is 12.0. The Hall–Kier alpha value is 0.274. The van der Waals surface area contributed by atoms with E-state index in [-0.39, 0.29) is 0 Å². The molecule has 0 bridgehead atoms. The Kier molecular flexibility index (Phi) is 9.92. The van der Waals surface area contributed by atoms with E-state index in [2.05, 4.69) is 24.6 Å². The molecule has 0 fully saturated rings. The second-order valence-electron chi connectivity index (χ2n) is 4.15. The molecule has 0 aliphatic rings. The summed E-state index contributed by atoms with van der Waals surface area (Å²) < 4.78 is 15.2. The lowest BCUT2D eigenvalue weighted by Crippen LogP contribution is -2.41. The molecule has 1 N–H and O–H groups in total. The maximum absolute atomic E-state index is 5.08. The molecule has 0 unspecified atom stereocenters. The van der Waals surface area contributed by atoms with Crippen molar-refractivity contribution in [3.63, 3.8) is 0 Å². The van der Waals surface area contributed by atoms with Gasteiger partial charge in [-0.05, 0) is 7.05 Å². The van der Waals surface area contributed by atoms with Crippen LogP contribution < -0.4 is 4.98 Å². The standard InChI is InChI=1S/C5H14O3Si.C4H13NSi/c1-5-9(6-2,7-3)8-4;1-5-6(2,3)4/h5H2,1-4H3;5H,1-4H3. The highest BCUT2D eigenvalue weighted by Crippen LogP contribution is 2.10. The first-order chi connectivity index (χ1) is 6.80. The Balaban J connectivity index is 0. The zero-order chi connectivity index (χ0) is 12.5. The van der Waals surface area contributed by atoms with Crippen LogP contribution in [0.4, 0.5) is 0 Å². The molecule has 15 heavy (non-hydrogen) atoms. The minimum Gasteiger partial charge on any atom is -0.377 e. The fraction of sp³-hybridized carbons (Fsp3) is 1.00. The summed E-state index contributed by atoms with van der Waals surface area (Å²) in [5, 5.41) is 0. The van der Waals surface area contributed by atoms with E-state index in [0.29, 0.717) is 0 Å². The van der Waals surface area contributed by atoms with Crippen LogP contribution in [0.3, 0.4) is 0 Å². The van der Waals surface area contributed by atoms with Crippen LogP contribution >= 0.6 is 0 Å². The fourth-order valence-electron chi connectivity index (χ4n) is 0.683. The second kappa shape index (κ2) is 8.43. The Morgan fingerprint density at radius 3 is 1.20 bits per heavy atom. The van der Waals surface area contributed by atoms with Gasteiger partial charge in [-0.3, -0.25) is 0 Å². The summed E-state index contributed by atoms with van der Waals surface area (Å²) in [6.45, 7) is 8.80. The molecule has 0 aromatic heterocycles. The monoisotopic (exact) mass is 253 g/mol. The predicted octanol–water partition coefficient (Wildman–Crippen LogP) is 1.93. The van der Waals surface area contributed by atoms with Gasteiger partial charge >= 0.3 is 8.80 Å². The lowest BCUT2D eigenvalue weighted by Gasteiger charge is -2.22. The van der Waals surface area contributed by atoms with Gasteiger partial charge in [0.2, 0.25) is 0 Å². The summed E-state index contributed by atoms with van der Waals surface area (Å²) >= 11 is 0. The van der Waals surface area contributed by atoms with Crippen LogP contribution in [0, 0.1) is 0 Å². The van der Waals surface area contributed by atoms with Gasteiger partial charge in [0.15, 0.2) is 0 Å². The summed E-state index contributed by atoms with van der Waals surface area (Å²) in [5.41, 5.74) is 0. The smallest absolute Gasteiger partial charge is 0.377 e. The first-order valence-electron chi connectivity index (χ1n) is 5.15. The Bertz CT molecular complexity index is 129. The molecule has 0 saturated carbocycles. The van der Waals surface area contributed by atoms with Gasteiger partial charge in [0.05, 0.1) is 0 Å². The van der Waals surface area contributed by atoms with Crippen LogP contribution in [0.2, 0.25) is 25.7 Å². The summed E-state index contributed by atoms with van der Waals surface area (Å²) in [6.07, 6.45) is 0. The molecule has 0 radical (unpaired) electrons. The van der Waals surface area contributed by atoms with Gasteiger partial charge in [0.25, 0.3) is 0 Å². The molecule has 0 aliphatic heterocycles. The van der Waals surface area contributed by atoms with Crippen molar-refractivity contribution in [1.82, 2.24) is 4.98 Å². The lowest BCUT2D eigenvalue weighted by molar-refractivity contribution is 0.125. The quantitative estimate of drug-likeness (QED) is 0.760. The SMILES string of the molecule is CC[Si](OC)(OC)OC.CN[Si](C)(C)C. The van der Waals surface area contributed by atoms with Crippen molar-refractivity contribution in [3.05, 3.63) is 0 Å². The van der Waals surface area contributed by atoms with Crippen molar-refractivity contribution >= 4 is 17.0 Å². The van der Waals surface area contributed by atoms with Crippen molar-refractivity contribution in [1.29, 1.82) is 0 Å². The summed E-state index contributed by atoms with van der Waals surface area (Å²) in [6, 6.07) is 0.816. The Labute approximate surface area is 96.8 Å². The van der Waals surface area contributed by atoms with Crippen molar-refractivity contribution in [2.75, 3.05) is 28.4 Å². The molecule has 0 aromatic carbocycles. The Morgan fingerprint density at radius 2 is 1.20 bits per heavy atom. The summed E-state index contributed by atoms with van der Waals surface area (Å²) in [4.78, 5) is 3.24. The van der Waals surface area contributed by atoms with Crippen LogP contribution in [0.15, 0.2) is 0 Å². The predicted molar refractivity (Wildman–Crippen MR) is 69.7 cm³/mol. The fourth-order valence-corrected chi connectivity index (χ4v) is 2.05. The minimum atomic E-state index is -2.19. The minimum absolute atomic E-state index is 0.816. The van der Waals surface area contributed by atoms with Gasteiger partial charge in [0, 0.05) is 27.4 Å². The van der Waals surface area contributed by atoms with Gasteiger partial charge in [-0.15, -0.1) is 0 Å². The van der Waals surface area contributed by atoms with E-state index in [1.54, 1.807) is 21.3 Å². The highest BCUT2D eigenvalue weighted by Gasteiger charge is 2.34. The molecule has 0 heterocycles. The largest absolute Gasteiger partial charge is 0.499 e. The van der Waals surface area contributed by atoms with Crippen molar-refractivity contribution < 1.29 is 13.3 Å². The molecule has 0 aliphatic carbocycles. The molecule has 4 nitrogen and oxygen atoms in total. The number of rotatable bonds is 5. The zero-order valence-electron chi connectivity index (χ0n) is 11.4. The van der Waals surface area contributed by atoms with Gasteiger partial charge in [-0.2, -0.15) is 0 Å². The van der Waals surface area contributed by atoms with Crippen molar-refractivity contribution in [2.24, 2.45) is 0 Å². The molecule has 0 spiro atoms. The molecule has 0 rings (SSSR count). The van der Waals surface area contributed by atoms with Gasteiger partial charge in [-0.25, -0.2) is 0 Å². The topological polar surface area (TPSA) is 39.7 Å². The maximum atomic E-state index is 5.08. The molecular formula is C9H27NO3Si2. The molecule has 0 amide bonds. The first-order valence-corrected chi connectivity index (χ1v) is 10.6. The van der Waals surface area contributed by atoms with E-state index < -0.39 is 17.0 Å².